The summed E-state index contributed by atoms with van der Waals surface area (Å²) in [5.41, 5.74) is 2.56. The van der Waals surface area contributed by atoms with E-state index >= 15 is 0 Å². The highest BCUT2D eigenvalue weighted by atomic mass is 79.9. The van der Waals surface area contributed by atoms with Crippen LogP contribution in [0.2, 0.25) is 0 Å². The van der Waals surface area contributed by atoms with Gasteiger partial charge in [-0.05, 0) is 44.9 Å². The predicted molar refractivity (Wildman–Crippen MR) is 83.8 cm³/mol. The molecule has 0 saturated carbocycles. The van der Waals surface area contributed by atoms with Crippen molar-refractivity contribution in [3.05, 3.63) is 28.2 Å². The molecule has 0 radical (unpaired) electrons. The van der Waals surface area contributed by atoms with Gasteiger partial charge in [-0.15, -0.1) is 0 Å². The van der Waals surface area contributed by atoms with Crippen molar-refractivity contribution in [1.29, 1.82) is 0 Å². The van der Waals surface area contributed by atoms with Gasteiger partial charge in [0, 0.05) is 41.4 Å². The van der Waals surface area contributed by atoms with Crippen molar-refractivity contribution >= 4 is 21.6 Å². The minimum absolute atomic E-state index is 0.0649. The van der Waals surface area contributed by atoms with Gasteiger partial charge in [-0.2, -0.15) is 0 Å². The van der Waals surface area contributed by atoms with E-state index in [4.69, 9.17) is 5.11 Å². The number of hydrogen-bond donors (Lipinski definition) is 2. The molecule has 1 saturated heterocycles. The molecule has 3 nitrogen and oxygen atoms in total. The molecule has 1 unspecified atom stereocenters. The van der Waals surface area contributed by atoms with E-state index in [1.807, 2.05) is 0 Å². The molecule has 1 fully saturated rings. The molecule has 106 valence electrons. The van der Waals surface area contributed by atoms with E-state index in [0.29, 0.717) is 6.04 Å². The van der Waals surface area contributed by atoms with Crippen LogP contribution in [0, 0.1) is 6.92 Å². The van der Waals surface area contributed by atoms with Crippen molar-refractivity contribution in [3.63, 3.8) is 0 Å². The Labute approximate surface area is 124 Å². The minimum Gasteiger partial charge on any atom is -0.396 e. The van der Waals surface area contributed by atoms with Crippen LogP contribution in [-0.2, 0) is 0 Å². The van der Waals surface area contributed by atoms with Crippen molar-refractivity contribution < 1.29 is 5.11 Å². The lowest BCUT2D eigenvalue weighted by atomic mass is 9.96. The molecule has 0 bridgehead atoms. The molecule has 1 aliphatic rings. The third-order valence-corrected chi connectivity index (χ3v) is 4.47. The zero-order valence-corrected chi connectivity index (χ0v) is 13.5. The van der Waals surface area contributed by atoms with Gasteiger partial charge in [0.05, 0.1) is 0 Å². The summed E-state index contributed by atoms with van der Waals surface area (Å²) in [6, 6.07) is 6.86. The summed E-state index contributed by atoms with van der Waals surface area (Å²) in [6.07, 6.45) is 0.799. The fourth-order valence-corrected chi connectivity index (χ4v) is 3.11. The number of aryl methyl sites for hydroxylation is 1. The van der Waals surface area contributed by atoms with E-state index in [2.05, 4.69) is 65.1 Å². The maximum Gasteiger partial charge on any atom is 0.0446 e. The summed E-state index contributed by atoms with van der Waals surface area (Å²) < 4.78 is 1.15. The average Bonchev–Trinajstić information content (AvgIpc) is 2.31. The number of nitrogens with one attached hydrogen (secondary N) is 1. The fourth-order valence-electron chi connectivity index (χ4n) is 2.75. The first-order chi connectivity index (χ1) is 8.91. The van der Waals surface area contributed by atoms with Crippen LogP contribution < -0.4 is 10.2 Å². The maximum atomic E-state index is 9.16. The van der Waals surface area contributed by atoms with Gasteiger partial charge in [0.15, 0.2) is 0 Å². The Morgan fingerprint density at radius 1 is 1.47 bits per heavy atom. The second-order valence-corrected chi connectivity index (χ2v) is 6.91. The summed E-state index contributed by atoms with van der Waals surface area (Å²) in [4.78, 5) is 2.40. The van der Waals surface area contributed by atoms with Crippen LogP contribution in [0.3, 0.4) is 0 Å². The lowest BCUT2D eigenvalue weighted by Gasteiger charge is -2.45. The minimum atomic E-state index is 0.0649. The molecule has 0 amide bonds. The SMILES string of the molecule is Cc1ccc(N2CC(CCO)NC(C)(C)C2)cc1Br. The molecule has 1 heterocycles. The Bertz CT molecular complexity index is 448. The van der Waals surface area contributed by atoms with Gasteiger partial charge >= 0.3 is 0 Å². The number of aliphatic hydroxyl groups is 1. The van der Waals surface area contributed by atoms with Gasteiger partial charge in [-0.1, -0.05) is 22.0 Å². The number of aliphatic hydroxyl groups excluding tert-OH is 1. The molecule has 0 aliphatic carbocycles. The molecule has 1 atom stereocenters. The van der Waals surface area contributed by atoms with E-state index in [1.165, 1.54) is 11.3 Å². The number of benzene rings is 1. The van der Waals surface area contributed by atoms with Crippen LogP contribution in [0.5, 0.6) is 0 Å². The first-order valence-corrected chi connectivity index (χ1v) is 7.60. The van der Waals surface area contributed by atoms with E-state index < -0.39 is 0 Å². The first-order valence-electron chi connectivity index (χ1n) is 6.81. The normalized spacial score (nSPS) is 22.6. The molecular weight excluding hydrogens is 304 g/mol. The molecule has 1 aliphatic heterocycles. The van der Waals surface area contributed by atoms with Crippen LogP contribution in [0.1, 0.15) is 25.8 Å². The zero-order chi connectivity index (χ0) is 14.0. The number of nitrogens with zero attached hydrogens (tertiary/aromatic N) is 1. The molecule has 1 aromatic rings. The van der Waals surface area contributed by atoms with E-state index in [-0.39, 0.29) is 12.1 Å². The Morgan fingerprint density at radius 3 is 2.84 bits per heavy atom. The van der Waals surface area contributed by atoms with Gasteiger partial charge in [0.2, 0.25) is 0 Å². The van der Waals surface area contributed by atoms with Crippen LogP contribution in [0.15, 0.2) is 22.7 Å². The molecule has 2 N–H and O–H groups in total. The quantitative estimate of drug-likeness (QED) is 0.896. The second-order valence-electron chi connectivity index (χ2n) is 6.05. The van der Waals surface area contributed by atoms with E-state index in [0.717, 1.165) is 24.0 Å². The standard InChI is InChI=1S/C15H23BrN2O/c1-11-4-5-13(8-14(11)16)18-9-12(6-7-19)17-15(2,3)10-18/h4-5,8,12,17,19H,6-7,9-10H2,1-3H3. The molecule has 1 aromatic carbocycles. The molecule has 0 spiro atoms. The highest BCUT2D eigenvalue weighted by Crippen LogP contribution is 2.27. The summed E-state index contributed by atoms with van der Waals surface area (Å²) in [5.74, 6) is 0. The first kappa shape index (κ1) is 14.8. The van der Waals surface area contributed by atoms with Gasteiger partial charge < -0.3 is 15.3 Å². The fraction of sp³-hybridized carbons (Fsp3) is 0.600. The van der Waals surface area contributed by atoms with Crippen LogP contribution in [0.4, 0.5) is 5.69 Å². The highest BCUT2D eigenvalue weighted by Gasteiger charge is 2.31. The van der Waals surface area contributed by atoms with Crippen molar-refractivity contribution in [1.82, 2.24) is 5.32 Å². The molecule has 4 heteroatoms. The van der Waals surface area contributed by atoms with Crippen LogP contribution in [-0.4, -0.2) is 36.4 Å². The van der Waals surface area contributed by atoms with E-state index in [1.54, 1.807) is 0 Å². The Hall–Kier alpha value is -0.580. The van der Waals surface area contributed by atoms with Crippen LogP contribution in [0.25, 0.3) is 0 Å². The van der Waals surface area contributed by atoms with Gasteiger partial charge in [-0.3, -0.25) is 0 Å². The number of hydrogen-bond acceptors (Lipinski definition) is 3. The maximum absolute atomic E-state index is 9.16. The van der Waals surface area contributed by atoms with Gasteiger partial charge in [0.25, 0.3) is 0 Å². The molecular formula is C15H23BrN2O. The number of halogens is 1. The third-order valence-electron chi connectivity index (χ3n) is 3.62. The Morgan fingerprint density at radius 2 is 2.21 bits per heavy atom. The molecule has 0 aromatic heterocycles. The Kier molecular flexibility index (Phi) is 4.54. The summed E-state index contributed by atoms with van der Waals surface area (Å²) in [5, 5.41) is 12.8. The largest absolute Gasteiger partial charge is 0.396 e. The number of rotatable bonds is 3. The topological polar surface area (TPSA) is 35.5 Å². The van der Waals surface area contributed by atoms with Crippen molar-refractivity contribution in [2.45, 2.75) is 38.8 Å². The van der Waals surface area contributed by atoms with E-state index in [9.17, 15) is 0 Å². The van der Waals surface area contributed by atoms with Crippen molar-refractivity contribution in [2.75, 3.05) is 24.6 Å². The second kappa shape index (κ2) is 5.81. The van der Waals surface area contributed by atoms with Crippen molar-refractivity contribution in [2.24, 2.45) is 0 Å². The zero-order valence-electron chi connectivity index (χ0n) is 11.9. The lowest BCUT2D eigenvalue weighted by Crippen LogP contribution is -2.62. The molecule has 19 heavy (non-hydrogen) atoms. The number of piperazine rings is 1. The Balaban J connectivity index is 2.20. The average molecular weight is 327 g/mol. The molecule has 2 rings (SSSR count). The highest BCUT2D eigenvalue weighted by molar-refractivity contribution is 9.10. The summed E-state index contributed by atoms with van der Waals surface area (Å²) >= 11 is 3.60. The predicted octanol–water partition coefficient (Wildman–Crippen LogP) is 2.70. The lowest BCUT2D eigenvalue weighted by molar-refractivity contribution is 0.224. The van der Waals surface area contributed by atoms with Gasteiger partial charge in [-0.25, -0.2) is 0 Å². The van der Waals surface area contributed by atoms with Gasteiger partial charge in [0.1, 0.15) is 0 Å². The van der Waals surface area contributed by atoms with Crippen LogP contribution >= 0.6 is 15.9 Å². The monoisotopic (exact) mass is 326 g/mol. The van der Waals surface area contributed by atoms with Crippen molar-refractivity contribution in [3.8, 4) is 0 Å². The smallest absolute Gasteiger partial charge is 0.0446 e. The summed E-state index contributed by atoms with van der Waals surface area (Å²) in [6.45, 7) is 8.69. The summed E-state index contributed by atoms with van der Waals surface area (Å²) in [7, 11) is 0. The third kappa shape index (κ3) is 3.71. The number of anilines is 1.